The molecule has 98 valence electrons. The number of fused-ring (bicyclic) bond motifs is 1. The van der Waals surface area contributed by atoms with Crippen molar-refractivity contribution < 1.29 is 4.74 Å². The lowest BCUT2D eigenvalue weighted by molar-refractivity contribution is 0.0693. The summed E-state index contributed by atoms with van der Waals surface area (Å²) in [5.41, 5.74) is 9.06. The molecule has 0 spiro atoms. The van der Waals surface area contributed by atoms with E-state index in [0.29, 0.717) is 0 Å². The molecular weight excluding hydrogens is 224 g/mol. The van der Waals surface area contributed by atoms with Gasteiger partial charge >= 0.3 is 0 Å². The fourth-order valence-corrected chi connectivity index (χ4v) is 2.91. The second-order valence-corrected chi connectivity index (χ2v) is 5.72. The number of nitrogens with two attached hydrogens (primary N) is 1. The minimum Gasteiger partial charge on any atom is -0.493 e. The van der Waals surface area contributed by atoms with Gasteiger partial charge in [0.25, 0.3) is 0 Å². The average Bonchev–Trinajstić information content (AvgIpc) is 2.80. The molecule has 0 radical (unpaired) electrons. The van der Waals surface area contributed by atoms with E-state index in [0.717, 1.165) is 51.3 Å². The molecule has 3 heteroatoms. The Labute approximate surface area is 109 Å². The Bertz CT molecular complexity index is 438. The van der Waals surface area contributed by atoms with E-state index in [2.05, 4.69) is 30.0 Å². The first-order valence-electron chi connectivity index (χ1n) is 6.94. The molecule has 2 heterocycles. The predicted molar refractivity (Wildman–Crippen MR) is 73.0 cm³/mol. The summed E-state index contributed by atoms with van der Waals surface area (Å²) in [7, 11) is 0. The van der Waals surface area contributed by atoms with Gasteiger partial charge in [0.2, 0.25) is 0 Å². The highest BCUT2D eigenvalue weighted by Crippen LogP contribution is 2.27. The van der Waals surface area contributed by atoms with Gasteiger partial charge in [0.05, 0.1) is 6.61 Å². The minimum atomic E-state index is 0.0891. The van der Waals surface area contributed by atoms with Crippen molar-refractivity contribution in [2.75, 3.05) is 26.2 Å². The number of likely N-dealkylation sites (tertiary alicyclic amines) is 1. The highest BCUT2D eigenvalue weighted by atomic mass is 16.5. The predicted octanol–water partition coefficient (Wildman–Crippen LogP) is 1.59. The standard InChI is InChI=1S/C15H22N2O/c1-2-15(16)10-17(11-15)7-5-12-3-4-14-13(9-12)6-8-18-14/h3-4,9H,2,5-8,10-11,16H2,1H3. The average molecular weight is 246 g/mol. The van der Waals surface area contributed by atoms with Crippen LogP contribution < -0.4 is 10.5 Å². The molecule has 2 N–H and O–H groups in total. The van der Waals surface area contributed by atoms with Crippen LogP contribution in [0.1, 0.15) is 24.5 Å². The van der Waals surface area contributed by atoms with Crippen molar-refractivity contribution in [2.24, 2.45) is 5.73 Å². The monoisotopic (exact) mass is 246 g/mol. The molecule has 3 rings (SSSR count). The van der Waals surface area contributed by atoms with Crippen LogP contribution in [-0.2, 0) is 12.8 Å². The Morgan fingerprint density at radius 1 is 1.39 bits per heavy atom. The number of benzene rings is 1. The number of hydrogen-bond donors (Lipinski definition) is 1. The van der Waals surface area contributed by atoms with Crippen molar-refractivity contribution in [1.29, 1.82) is 0 Å². The Hall–Kier alpha value is -1.06. The summed E-state index contributed by atoms with van der Waals surface area (Å²) in [6.07, 6.45) is 3.27. The smallest absolute Gasteiger partial charge is 0.122 e. The third-order valence-corrected chi connectivity index (χ3v) is 4.25. The highest BCUT2D eigenvalue weighted by Gasteiger charge is 2.36. The molecule has 0 bridgehead atoms. The Kier molecular flexibility index (Phi) is 3.04. The van der Waals surface area contributed by atoms with Gasteiger partial charge in [-0.2, -0.15) is 0 Å². The second-order valence-electron chi connectivity index (χ2n) is 5.72. The third kappa shape index (κ3) is 2.25. The van der Waals surface area contributed by atoms with Crippen LogP contribution in [0.4, 0.5) is 0 Å². The number of ether oxygens (including phenoxy) is 1. The first-order chi connectivity index (χ1) is 8.68. The van der Waals surface area contributed by atoms with Crippen LogP contribution in [0.25, 0.3) is 0 Å². The SMILES string of the molecule is CCC1(N)CN(CCc2ccc3c(c2)CCO3)C1. The minimum absolute atomic E-state index is 0.0891. The van der Waals surface area contributed by atoms with E-state index in [4.69, 9.17) is 10.5 Å². The summed E-state index contributed by atoms with van der Waals surface area (Å²) in [5.74, 6) is 1.08. The van der Waals surface area contributed by atoms with Crippen molar-refractivity contribution in [3.63, 3.8) is 0 Å². The van der Waals surface area contributed by atoms with Gasteiger partial charge in [-0.25, -0.2) is 0 Å². The van der Waals surface area contributed by atoms with E-state index in [9.17, 15) is 0 Å². The first kappa shape index (κ1) is 12.0. The van der Waals surface area contributed by atoms with Crippen LogP contribution in [0.15, 0.2) is 18.2 Å². The first-order valence-corrected chi connectivity index (χ1v) is 6.94. The van der Waals surface area contributed by atoms with Crippen LogP contribution in [0, 0.1) is 0 Å². The van der Waals surface area contributed by atoms with Gasteiger partial charge < -0.3 is 10.5 Å². The lowest BCUT2D eigenvalue weighted by Crippen LogP contribution is -2.67. The largest absolute Gasteiger partial charge is 0.493 e. The number of rotatable bonds is 4. The lowest BCUT2D eigenvalue weighted by Gasteiger charge is -2.47. The molecule has 1 aromatic carbocycles. The van der Waals surface area contributed by atoms with Crippen molar-refractivity contribution in [3.8, 4) is 5.75 Å². The summed E-state index contributed by atoms with van der Waals surface area (Å²) in [6.45, 7) is 6.25. The van der Waals surface area contributed by atoms with Crippen LogP contribution in [-0.4, -0.2) is 36.7 Å². The highest BCUT2D eigenvalue weighted by molar-refractivity contribution is 5.39. The summed E-state index contributed by atoms with van der Waals surface area (Å²) in [6, 6.07) is 6.62. The summed E-state index contributed by atoms with van der Waals surface area (Å²) in [5, 5.41) is 0. The van der Waals surface area contributed by atoms with Gasteiger partial charge in [-0.1, -0.05) is 19.1 Å². The molecule has 1 saturated heterocycles. The summed E-state index contributed by atoms with van der Waals surface area (Å²) in [4.78, 5) is 2.45. The van der Waals surface area contributed by atoms with Gasteiger partial charge in [-0.05, 0) is 30.0 Å². The van der Waals surface area contributed by atoms with Gasteiger partial charge in [0, 0.05) is 31.6 Å². The molecule has 2 aliphatic rings. The van der Waals surface area contributed by atoms with Crippen molar-refractivity contribution in [3.05, 3.63) is 29.3 Å². The zero-order valence-corrected chi connectivity index (χ0v) is 11.1. The molecule has 0 atom stereocenters. The molecule has 3 nitrogen and oxygen atoms in total. The van der Waals surface area contributed by atoms with Crippen LogP contribution in [0.2, 0.25) is 0 Å². The van der Waals surface area contributed by atoms with Crippen molar-refractivity contribution in [2.45, 2.75) is 31.7 Å². The fraction of sp³-hybridized carbons (Fsp3) is 0.600. The van der Waals surface area contributed by atoms with Crippen LogP contribution in [0.5, 0.6) is 5.75 Å². The molecule has 2 aliphatic heterocycles. The third-order valence-electron chi connectivity index (χ3n) is 4.25. The molecule has 0 amide bonds. The fourth-order valence-electron chi connectivity index (χ4n) is 2.91. The van der Waals surface area contributed by atoms with Crippen molar-refractivity contribution in [1.82, 2.24) is 4.90 Å². The van der Waals surface area contributed by atoms with Gasteiger partial charge in [-0.3, -0.25) is 4.90 Å². The molecule has 1 aromatic rings. The van der Waals surface area contributed by atoms with Crippen LogP contribution >= 0.6 is 0 Å². The molecule has 0 saturated carbocycles. The zero-order valence-electron chi connectivity index (χ0n) is 11.1. The van der Waals surface area contributed by atoms with Gasteiger partial charge in [-0.15, -0.1) is 0 Å². The van der Waals surface area contributed by atoms with E-state index in [-0.39, 0.29) is 5.54 Å². The maximum atomic E-state index is 6.18. The molecular formula is C15H22N2O. The molecule has 0 unspecified atom stereocenters. The normalized spacial score (nSPS) is 21.2. The molecule has 18 heavy (non-hydrogen) atoms. The molecule has 1 fully saturated rings. The van der Waals surface area contributed by atoms with E-state index >= 15 is 0 Å². The van der Waals surface area contributed by atoms with Gasteiger partial charge in [0.15, 0.2) is 0 Å². The topological polar surface area (TPSA) is 38.5 Å². The summed E-state index contributed by atoms with van der Waals surface area (Å²) < 4.78 is 5.53. The molecule has 0 aliphatic carbocycles. The van der Waals surface area contributed by atoms with E-state index in [1.54, 1.807) is 0 Å². The lowest BCUT2D eigenvalue weighted by atomic mass is 9.88. The zero-order chi connectivity index (χ0) is 12.6. The van der Waals surface area contributed by atoms with Gasteiger partial charge in [0.1, 0.15) is 5.75 Å². The van der Waals surface area contributed by atoms with Crippen molar-refractivity contribution >= 4 is 0 Å². The maximum absolute atomic E-state index is 6.18. The van der Waals surface area contributed by atoms with E-state index in [1.807, 2.05) is 0 Å². The Morgan fingerprint density at radius 2 is 2.22 bits per heavy atom. The Morgan fingerprint density at radius 3 is 3.00 bits per heavy atom. The van der Waals surface area contributed by atoms with E-state index in [1.165, 1.54) is 11.1 Å². The van der Waals surface area contributed by atoms with Crippen LogP contribution in [0.3, 0.4) is 0 Å². The second kappa shape index (κ2) is 4.56. The maximum Gasteiger partial charge on any atom is 0.122 e. The quantitative estimate of drug-likeness (QED) is 0.876. The van der Waals surface area contributed by atoms with E-state index < -0.39 is 0 Å². The number of nitrogens with zero attached hydrogens (tertiary/aromatic N) is 1. The summed E-state index contributed by atoms with van der Waals surface area (Å²) >= 11 is 0. The number of hydrogen-bond acceptors (Lipinski definition) is 3. The molecule has 0 aromatic heterocycles. The Balaban J connectivity index is 1.52.